The van der Waals surface area contributed by atoms with Gasteiger partial charge in [0.25, 0.3) is 0 Å². The van der Waals surface area contributed by atoms with Gasteiger partial charge in [-0.15, -0.1) is 0 Å². The summed E-state index contributed by atoms with van der Waals surface area (Å²) in [5.74, 6) is 0.625. The van der Waals surface area contributed by atoms with E-state index in [1.165, 1.54) is 11.1 Å². The summed E-state index contributed by atoms with van der Waals surface area (Å²) in [4.78, 5) is 0. The van der Waals surface area contributed by atoms with Gasteiger partial charge >= 0.3 is 0 Å². The SMILES string of the molecule is COCC1(COC)C(c2ccccc2)CC(OC)CC1c1ccccc1. The summed E-state index contributed by atoms with van der Waals surface area (Å²) in [6, 6.07) is 21.5. The lowest BCUT2D eigenvalue weighted by molar-refractivity contribution is -0.0779. The zero-order chi connectivity index (χ0) is 18.4. The molecule has 3 heteroatoms. The highest BCUT2D eigenvalue weighted by Gasteiger charge is 2.51. The van der Waals surface area contributed by atoms with E-state index in [0.717, 1.165) is 12.8 Å². The van der Waals surface area contributed by atoms with E-state index in [9.17, 15) is 0 Å². The average Bonchev–Trinajstić information content (AvgIpc) is 2.70. The number of rotatable bonds is 7. The monoisotopic (exact) mass is 354 g/mol. The summed E-state index contributed by atoms with van der Waals surface area (Å²) in [6.07, 6.45) is 2.19. The van der Waals surface area contributed by atoms with Crippen LogP contribution >= 0.6 is 0 Å². The average molecular weight is 354 g/mol. The van der Waals surface area contributed by atoms with Crippen molar-refractivity contribution in [3.63, 3.8) is 0 Å². The second-order valence-electron chi connectivity index (χ2n) is 7.35. The molecule has 0 saturated heterocycles. The van der Waals surface area contributed by atoms with Crippen LogP contribution in [0.25, 0.3) is 0 Å². The van der Waals surface area contributed by atoms with Crippen molar-refractivity contribution in [2.24, 2.45) is 5.41 Å². The van der Waals surface area contributed by atoms with Crippen molar-refractivity contribution in [3.8, 4) is 0 Å². The molecule has 0 aromatic heterocycles. The van der Waals surface area contributed by atoms with Gasteiger partial charge in [-0.3, -0.25) is 0 Å². The quantitative estimate of drug-likeness (QED) is 0.725. The maximum Gasteiger partial charge on any atom is 0.0583 e. The van der Waals surface area contributed by atoms with Crippen LogP contribution in [-0.2, 0) is 14.2 Å². The van der Waals surface area contributed by atoms with Crippen molar-refractivity contribution in [1.29, 1.82) is 0 Å². The Kier molecular flexibility index (Phi) is 6.47. The van der Waals surface area contributed by atoms with E-state index in [1.807, 2.05) is 7.11 Å². The molecule has 1 saturated carbocycles. The molecule has 0 spiro atoms. The molecule has 26 heavy (non-hydrogen) atoms. The van der Waals surface area contributed by atoms with E-state index in [0.29, 0.717) is 25.0 Å². The zero-order valence-corrected chi connectivity index (χ0v) is 16.1. The molecule has 1 aliphatic carbocycles. The maximum atomic E-state index is 5.86. The standard InChI is InChI=1S/C23H30O3/c1-24-16-23(17-25-2)21(18-10-6-4-7-11-18)14-20(26-3)15-22(23)19-12-8-5-9-13-19/h4-13,20-22H,14-17H2,1-3H3. The Morgan fingerprint density at radius 3 is 1.50 bits per heavy atom. The molecule has 0 heterocycles. The van der Waals surface area contributed by atoms with Crippen LogP contribution in [0.15, 0.2) is 60.7 Å². The molecule has 3 nitrogen and oxygen atoms in total. The van der Waals surface area contributed by atoms with Crippen LogP contribution in [0, 0.1) is 5.41 Å². The lowest BCUT2D eigenvalue weighted by atomic mass is 9.56. The first-order valence-electron chi connectivity index (χ1n) is 9.35. The van der Waals surface area contributed by atoms with Gasteiger partial charge in [-0.25, -0.2) is 0 Å². The van der Waals surface area contributed by atoms with E-state index in [4.69, 9.17) is 14.2 Å². The van der Waals surface area contributed by atoms with Crippen LogP contribution in [-0.4, -0.2) is 40.6 Å². The summed E-state index contributed by atoms with van der Waals surface area (Å²) < 4.78 is 17.4. The number of hydrogen-bond donors (Lipinski definition) is 0. The molecule has 2 unspecified atom stereocenters. The molecule has 0 amide bonds. The largest absolute Gasteiger partial charge is 0.384 e. The van der Waals surface area contributed by atoms with Crippen LogP contribution < -0.4 is 0 Å². The maximum absolute atomic E-state index is 5.86. The zero-order valence-electron chi connectivity index (χ0n) is 16.1. The van der Waals surface area contributed by atoms with Crippen molar-refractivity contribution >= 4 is 0 Å². The number of benzene rings is 2. The Morgan fingerprint density at radius 1 is 0.731 bits per heavy atom. The Bertz CT molecular complexity index is 598. The van der Waals surface area contributed by atoms with Gasteiger partial charge in [-0.1, -0.05) is 60.7 Å². The molecular formula is C23H30O3. The van der Waals surface area contributed by atoms with Crippen LogP contribution in [0.2, 0.25) is 0 Å². The minimum absolute atomic E-state index is 0.124. The van der Waals surface area contributed by atoms with Crippen LogP contribution in [0.3, 0.4) is 0 Å². The fourth-order valence-electron chi connectivity index (χ4n) is 4.81. The first-order chi connectivity index (χ1) is 12.7. The fraction of sp³-hybridized carbons (Fsp3) is 0.478. The molecule has 1 aliphatic rings. The third-order valence-corrected chi connectivity index (χ3v) is 5.95. The molecule has 140 valence electrons. The predicted octanol–water partition coefficient (Wildman–Crippen LogP) is 4.64. The van der Waals surface area contributed by atoms with Crippen LogP contribution in [0.4, 0.5) is 0 Å². The highest BCUT2D eigenvalue weighted by molar-refractivity contribution is 5.31. The normalized spacial score (nSPS) is 25.1. The molecule has 1 fully saturated rings. The van der Waals surface area contributed by atoms with E-state index in [-0.39, 0.29) is 11.5 Å². The number of hydrogen-bond acceptors (Lipinski definition) is 3. The Morgan fingerprint density at radius 2 is 1.15 bits per heavy atom. The van der Waals surface area contributed by atoms with E-state index in [1.54, 1.807) is 14.2 Å². The third-order valence-electron chi connectivity index (χ3n) is 5.95. The van der Waals surface area contributed by atoms with E-state index >= 15 is 0 Å². The molecule has 2 atom stereocenters. The van der Waals surface area contributed by atoms with Gasteiger partial charge < -0.3 is 14.2 Å². The molecule has 0 N–H and O–H groups in total. The smallest absolute Gasteiger partial charge is 0.0583 e. The summed E-state index contributed by atoms with van der Waals surface area (Å²) >= 11 is 0. The predicted molar refractivity (Wildman–Crippen MR) is 105 cm³/mol. The molecule has 2 aromatic carbocycles. The third kappa shape index (κ3) is 3.71. The van der Waals surface area contributed by atoms with Crippen molar-refractivity contribution < 1.29 is 14.2 Å². The van der Waals surface area contributed by atoms with Crippen molar-refractivity contribution in [1.82, 2.24) is 0 Å². The van der Waals surface area contributed by atoms with Gasteiger partial charge in [-0.05, 0) is 35.8 Å². The molecule has 0 bridgehead atoms. The van der Waals surface area contributed by atoms with Crippen molar-refractivity contribution in [2.75, 3.05) is 34.5 Å². The summed E-state index contributed by atoms with van der Waals surface area (Å²) in [5, 5.41) is 0. The lowest BCUT2D eigenvalue weighted by Gasteiger charge is -2.51. The second kappa shape index (κ2) is 8.81. The van der Waals surface area contributed by atoms with Crippen molar-refractivity contribution in [3.05, 3.63) is 71.8 Å². The molecular weight excluding hydrogens is 324 g/mol. The number of methoxy groups -OCH3 is 3. The van der Waals surface area contributed by atoms with Crippen LogP contribution in [0.5, 0.6) is 0 Å². The summed E-state index contributed by atoms with van der Waals surface area (Å²) in [6.45, 7) is 1.33. The number of ether oxygens (including phenoxy) is 3. The molecule has 0 radical (unpaired) electrons. The minimum Gasteiger partial charge on any atom is -0.384 e. The van der Waals surface area contributed by atoms with Crippen LogP contribution in [0.1, 0.15) is 35.8 Å². The first-order valence-corrected chi connectivity index (χ1v) is 9.35. The van der Waals surface area contributed by atoms with Gasteiger partial charge in [0.15, 0.2) is 0 Å². The Hall–Kier alpha value is -1.68. The topological polar surface area (TPSA) is 27.7 Å². The molecule has 2 aromatic rings. The fourth-order valence-corrected chi connectivity index (χ4v) is 4.81. The highest BCUT2D eigenvalue weighted by Crippen LogP contribution is 2.55. The van der Waals surface area contributed by atoms with Gasteiger partial charge in [0.05, 0.1) is 19.3 Å². The second-order valence-corrected chi connectivity index (χ2v) is 7.35. The first kappa shape index (κ1) is 19.1. The molecule has 0 aliphatic heterocycles. The molecule has 3 rings (SSSR count). The lowest BCUT2D eigenvalue weighted by Crippen LogP contribution is -2.49. The van der Waals surface area contributed by atoms with Gasteiger partial charge in [0.2, 0.25) is 0 Å². The van der Waals surface area contributed by atoms with E-state index < -0.39 is 0 Å². The van der Waals surface area contributed by atoms with Crippen molar-refractivity contribution in [2.45, 2.75) is 30.8 Å². The Balaban J connectivity index is 2.12. The summed E-state index contributed by atoms with van der Waals surface area (Å²) in [5.41, 5.74) is 2.55. The van der Waals surface area contributed by atoms with Gasteiger partial charge in [-0.2, -0.15) is 0 Å². The van der Waals surface area contributed by atoms with Gasteiger partial charge in [0, 0.05) is 26.7 Å². The summed E-state index contributed by atoms with van der Waals surface area (Å²) in [7, 11) is 5.42. The minimum atomic E-state index is -0.124. The Labute approximate surface area is 157 Å². The van der Waals surface area contributed by atoms with E-state index in [2.05, 4.69) is 60.7 Å². The highest BCUT2D eigenvalue weighted by atomic mass is 16.5. The van der Waals surface area contributed by atoms with Gasteiger partial charge in [0.1, 0.15) is 0 Å².